The second-order valence-electron chi connectivity index (χ2n) is 6.95. The minimum Gasteiger partial charge on any atom is -0.486 e. The van der Waals surface area contributed by atoms with E-state index >= 15 is 0 Å². The van der Waals surface area contributed by atoms with E-state index in [0.29, 0.717) is 0 Å². The van der Waals surface area contributed by atoms with Crippen LogP contribution in [0.1, 0.15) is 44.9 Å². The van der Waals surface area contributed by atoms with Crippen LogP contribution < -0.4 is 0 Å². The van der Waals surface area contributed by atoms with E-state index < -0.39 is 0 Å². The van der Waals surface area contributed by atoms with Crippen molar-refractivity contribution in [3.05, 3.63) is 12.3 Å². The van der Waals surface area contributed by atoms with Gasteiger partial charge in [0.15, 0.2) is 0 Å². The summed E-state index contributed by atoms with van der Waals surface area (Å²) < 4.78 is 5.38. The van der Waals surface area contributed by atoms with Gasteiger partial charge in [-0.2, -0.15) is 0 Å². The van der Waals surface area contributed by atoms with Crippen LogP contribution in [-0.2, 0) is 4.74 Å². The Kier molecular flexibility index (Phi) is 5.37. The Balaban J connectivity index is 1.35. The first-order valence-electron chi connectivity index (χ1n) is 8.61. The third-order valence-corrected chi connectivity index (χ3v) is 5.28. The first kappa shape index (κ1) is 14.4. The molecule has 0 amide bonds. The van der Waals surface area contributed by atoms with Crippen LogP contribution in [-0.4, -0.2) is 49.3 Å². The maximum atomic E-state index is 5.38. The molecule has 0 bridgehead atoms. The number of ether oxygens (including phenoxy) is 1. The number of nitrogens with zero attached hydrogens (tertiary/aromatic N) is 2. The zero-order chi connectivity index (χ0) is 13.6. The van der Waals surface area contributed by atoms with Gasteiger partial charge >= 0.3 is 0 Å². The first-order valence-corrected chi connectivity index (χ1v) is 8.61. The third kappa shape index (κ3) is 4.23. The second kappa shape index (κ2) is 7.46. The molecule has 0 aromatic rings. The van der Waals surface area contributed by atoms with Crippen LogP contribution in [0.15, 0.2) is 12.3 Å². The van der Waals surface area contributed by atoms with E-state index in [2.05, 4.69) is 15.9 Å². The highest BCUT2D eigenvalue weighted by Crippen LogP contribution is 2.26. The fraction of sp³-hybridized carbons (Fsp3) is 0.882. The topological polar surface area (TPSA) is 15.7 Å². The van der Waals surface area contributed by atoms with Crippen LogP contribution in [0.4, 0.5) is 0 Å². The normalized spacial score (nSPS) is 27.6. The van der Waals surface area contributed by atoms with Crippen molar-refractivity contribution in [1.82, 2.24) is 9.80 Å². The summed E-state index contributed by atoms with van der Waals surface area (Å²) in [5.41, 5.74) is 0. The van der Waals surface area contributed by atoms with Gasteiger partial charge in [0.05, 0.1) is 6.26 Å². The molecule has 1 saturated carbocycles. The Morgan fingerprint density at radius 2 is 1.55 bits per heavy atom. The van der Waals surface area contributed by atoms with Crippen molar-refractivity contribution in [2.45, 2.75) is 44.9 Å². The quantitative estimate of drug-likeness (QED) is 0.786. The van der Waals surface area contributed by atoms with Crippen LogP contribution in [0, 0.1) is 11.8 Å². The zero-order valence-corrected chi connectivity index (χ0v) is 12.8. The molecule has 1 saturated heterocycles. The summed E-state index contributed by atoms with van der Waals surface area (Å²) in [7, 11) is 0. The molecule has 0 unspecified atom stereocenters. The van der Waals surface area contributed by atoms with Gasteiger partial charge in [-0.3, -0.25) is 4.90 Å². The molecule has 3 rings (SSSR count). The van der Waals surface area contributed by atoms with E-state index in [4.69, 9.17) is 4.74 Å². The standard InChI is InChI=1S/C17H30N2O/c1-2-5-16(6-3-1)13-18-10-7-17(8-11-18)14-19-9-4-12-20-15-19/h4,12,16-17H,1-3,5-11,13-15H2. The minimum atomic E-state index is 0.790. The Bertz CT molecular complexity index is 304. The molecule has 1 aliphatic carbocycles. The lowest BCUT2D eigenvalue weighted by Crippen LogP contribution is -2.41. The van der Waals surface area contributed by atoms with Crippen LogP contribution in [0.25, 0.3) is 0 Å². The summed E-state index contributed by atoms with van der Waals surface area (Å²) in [5.74, 6) is 1.88. The molecule has 0 aromatic heterocycles. The molecular formula is C17H30N2O. The minimum absolute atomic E-state index is 0.790. The molecule has 2 fully saturated rings. The Labute approximate surface area is 124 Å². The lowest BCUT2D eigenvalue weighted by molar-refractivity contribution is 0.0544. The van der Waals surface area contributed by atoms with Gasteiger partial charge in [0.1, 0.15) is 6.73 Å². The average Bonchev–Trinajstić information content (AvgIpc) is 2.51. The van der Waals surface area contributed by atoms with Gasteiger partial charge < -0.3 is 9.64 Å². The molecule has 0 atom stereocenters. The van der Waals surface area contributed by atoms with E-state index in [9.17, 15) is 0 Å². The van der Waals surface area contributed by atoms with E-state index in [0.717, 1.165) is 25.1 Å². The van der Waals surface area contributed by atoms with Crippen molar-refractivity contribution < 1.29 is 4.74 Å². The molecule has 114 valence electrons. The van der Waals surface area contributed by atoms with Crippen LogP contribution in [0.2, 0.25) is 0 Å². The number of piperidine rings is 1. The van der Waals surface area contributed by atoms with E-state index in [1.807, 2.05) is 6.26 Å². The second-order valence-corrected chi connectivity index (χ2v) is 6.95. The Hall–Kier alpha value is -0.540. The van der Waals surface area contributed by atoms with Crippen molar-refractivity contribution in [2.75, 3.05) is 39.5 Å². The summed E-state index contributed by atoms with van der Waals surface area (Å²) >= 11 is 0. The summed E-state index contributed by atoms with van der Waals surface area (Å²) in [6, 6.07) is 0. The maximum absolute atomic E-state index is 5.38. The fourth-order valence-electron chi connectivity index (χ4n) is 4.04. The van der Waals surface area contributed by atoms with Gasteiger partial charge in [-0.15, -0.1) is 0 Å². The molecule has 3 aliphatic rings. The van der Waals surface area contributed by atoms with Gasteiger partial charge in [0.25, 0.3) is 0 Å². The van der Waals surface area contributed by atoms with E-state index in [1.165, 1.54) is 71.1 Å². The van der Waals surface area contributed by atoms with Crippen LogP contribution >= 0.6 is 0 Å². The monoisotopic (exact) mass is 278 g/mol. The van der Waals surface area contributed by atoms with Gasteiger partial charge in [0, 0.05) is 19.6 Å². The molecule has 2 aliphatic heterocycles. The predicted molar refractivity (Wildman–Crippen MR) is 82.4 cm³/mol. The van der Waals surface area contributed by atoms with Gasteiger partial charge in [0.2, 0.25) is 0 Å². The molecule has 0 N–H and O–H groups in total. The summed E-state index contributed by atoms with van der Waals surface area (Å²) in [6.07, 6.45) is 14.1. The van der Waals surface area contributed by atoms with Crippen molar-refractivity contribution in [2.24, 2.45) is 11.8 Å². The molecule has 20 heavy (non-hydrogen) atoms. The predicted octanol–water partition coefficient (Wildman–Crippen LogP) is 3.08. The lowest BCUT2D eigenvalue weighted by atomic mass is 9.88. The van der Waals surface area contributed by atoms with Crippen LogP contribution in [0.5, 0.6) is 0 Å². The number of hydrogen-bond acceptors (Lipinski definition) is 3. The first-order chi connectivity index (χ1) is 9.90. The molecule has 3 nitrogen and oxygen atoms in total. The fourth-order valence-corrected chi connectivity index (χ4v) is 4.04. The molecule has 3 heteroatoms. The number of hydrogen-bond donors (Lipinski definition) is 0. The van der Waals surface area contributed by atoms with Crippen molar-refractivity contribution >= 4 is 0 Å². The van der Waals surface area contributed by atoms with Crippen LogP contribution in [0.3, 0.4) is 0 Å². The molecule has 0 radical (unpaired) electrons. The van der Waals surface area contributed by atoms with E-state index in [1.54, 1.807) is 0 Å². The largest absolute Gasteiger partial charge is 0.486 e. The Morgan fingerprint density at radius 3 is 2.25 bits per heavy atom. The highest BCUT2D eigenvalue weighted by molar-refractivity contribution is 4.84. The van der Waals surface area contributed by atoms with Crippen molar-refractivity contribution in [3.8, 4) is 0 Å². The summed E-state index contributed by atoms with van der Waals surface area (Å²) in [5, 5.41) is 0. The summed E-state index contributed by atoms with van der Waals surface area (Å²) in [4.78, 5) is 5.17. The highest BCUT2D eigenvalue weighted by Gasteiger charge is 2.24. The Morgan fingerprint density at radius 1 is 0.850 bits per heavy atom. The lowest BCUT2D eigenvalue weighted by Gasteiger charge is -2.37. The molecular weight excluding hydrogens is 248 g/mol. The van der Waals surface area contributed by atoms with Gasteiger partial charge in [-0.05, 0) is 56.7 Å². The van der Waals surface area contributed by atoms with Crippen molar-refractivity contribution in [3.63, 3.8) is 0 Å². The average molecular weight is 278 g/mol. The zero-order valence-electron chi connectivity index (χ0n) is 12.8. The number of rotatable bonds is 4. The summed E-state index contributed by atoms with van der Waals surface area (Å²) in [6.45, 7) is 7.11. The van der Waals surface area contributed by atoms with Gasteiger partial charge in [-0.25, -0.2) is 0 Å². The maximum Gasteiger partial charge on any atom is 0.141 e. The van der Waals surface area contributed by atoms with Crippen molar-refractivity contribution in [1.29, 1.82) is 0 Å². The molecule has 2 heterocycles. The third-order valence-electron chi connectivity index (χ3n) is 5.28. The SMILES string of the molecule is C1=COCN(CC2CCN(CC3CCCCC3)CC2)C1. The molecule has 0 spiro atoms. The number of likely N-dealkylation sites (tertiary alicyclic amines) is 1. The van der Waals surface area contributed by atoms with E-state index in [-0.39, 0.29) is 0 Å². The highest BCUT2D eigenvalue weighted by atomic mass is 16.5. The molecule has 0 aromatic carbocycles. The smallest absolute Gasteiger partial charge is 0.141 e. The van der Waals surface area contributed by atoms with Gasteiger partial charge in [-0.1, -0.05) is 19.3 Å².